The monoisotopic (exact) mass is 276 g/mol. The number of carbonyl (C=O) groups excluding carboxylic acids is 1. The number of nitrogens with zero attached hydrogens (tertiary/aromatic N) is 3. The molecule has 2 aliphatic rings. The van der Waals surface area contributed by atoms with Gasteiger partial charge in [-0.3, -0.25) is 10.1 Å². The van der Waals surface area contributed by atoms with Crippen molar-refractivity contribution in [2.75, 3.05) is 20.3 Å². The lowest BCUT2D eigenvalue weighted by Crippen LogP contribution is -2.56. The molecule has 0 aromatic heterocycles. The van der Waals surface area contributed by atoms with Gasteiger partial charge in [0.05, 0.1) is 6.61 Å². The van der Waals surface area contributed by atoms with E-state index in [0.29, 0.717) is 5.06 Å². The van der Waals surface area contributed by atoms with E-state index in [1.165, 1.54) is 7.05 Å². The van der Waals surface area contributed by atoms with Crippen molar-refractivity contribution in [3.63, 3.8) is 0 Å². The Balaban J connectivity index is 2.15. The lowest BCUT2D eigenvalue weighted by atomic mass is 10.1. The first-order valence-corrected chi connectivity index (χ1v) is 5.65. The molecular weight excluding hydrogens is 260 g/mol. The maximum Gasteiger partial charge on any atom is 0.350 e. The minimum Gasteiger partial charge on any atom is -0.394 e. The number of aliphatic imine (C=N–C) groups is 1. The third-order valence-electron chi connectivity index (χ3n) is 3.03. The van der Waals surface area contributed by atoms with E-state index in [4.69, 9.17) is 9.84 Å². The van der Waals surface area contributed by atoms with E-state index in [1.54, 1.807) is 0 Å². The Morgan fingerprint density at radius 1 is 1.47 bits per heavy atom. The Hall–Kier alpha value is -1.46. The molecule has 19 heavy (non-hydrogen) atoms. The summed E-state index contributed by atoms with van der Waals surface area (Å²) in [5.74, 6) is -0.0343. The Morgan fingerprint density at radius 3 is 2.68 bits per heavy atom. The molecule has 0 saturated carbocycles. The number of guanidine groups is 1. The van der Waals surface area contributed by atoms with Crippen LogP contribution in [0.15, 0.2) is 4.99 Å². The van der Waals surface area contributed by atoms with Gasteiger partial charge in [-0.1, -0.05) is 0 Å². The van der Waals surface area contributed by atoms with E-state index in [-0.39, 0.29) is 12.6 Å². The first-order valence-electron chi connectivity index (χ1n) is 5.65. The number of hydrogen-bond acceptors (Lipinski definition) is 8. The van der Waals surface area contributed by atoms with E-state index in [9.17, 15) is 20.2 Å². The molecule has 4 atom stereocenters. The zero-order chi connectivity index (χ0) is 14.2. The fraction of sp³-hybridized carbons (Fsp3) is 0.778. The summed E-state index contributed by atoms with van der Waals surface area (Å²) in [6, 6.07) is -0.732. The summed E-state index contributed by atoms with van der Waals surface area (Å²) in [5, 5.41) is 41.2. The predicted octanol–water partition coefficient (Wildman–Crippen LogP) is -2.91. The van der Waals surface area contributed by atoms with Crippen LogP contribution >= 0.6 is 0 Å². The highest BCUT2D eigenvalue weighted by Crippen LogP contribution is 2.25. The van der Waals surface area contributed by atoms with Crippen LogP contribution in [0.3, 0.4) is 0 Å². The standard InChI is InChI=1S/C9H16N4O6/c1-10-8-11-9(17)12(3-13(8)18)7-6(16)5(15)4(2-14)19-7/h4-7,14-16,18H,2-3H2,1H3,(H,10,11,17)/t4-,5-,6-,7-/m1/s1. The van der Waals surface area contributed by atoms with Crippen LogP contribution in [0.5, 0.6) is 0 Å². The molecule has 0 aromatic carbocycles. The number of carbonyl (C=O) groups is 1. The second kappa shape index (κ2) is 5.27. The summed E-state index contributed by atoms with van der Waals surface area (Å²) in [4.78, 5) is 16.3. The van der Waals surface area contributed by atoms with Crippen molar-refractivity contribution >= 4 is 12.0 Å². The third kappa shape index (κ3) is 2.35. The van der Waals surface area contributed by atoms with Gasteiger partial charge in [-0.25, -0.2) is 9.86 Å². The van der Waals surface area contributed by atoms with Crippen LogP contribution in [0.2, 0.25) is 0 Å². The number of nitrogens with one attached hydrogen (secondary N) is 1. The van der Waals surface area contributed by atoms with Gasteiger partial charge in [-0.2, -0.15) is 4.99 Å². The molecule has 0 aromatic rings. The zero-order valence-electron chi connectivity index (χ0n) is 10.2. The van der Waals surface area contributed by atoms with E-state index in [0.717, 1.165) is 4.90 Å². The van der Waals surface area contributed by atoms with Crippen LogP contribution in [-0.4, -0.2) is 87.3 Å². The fourth-order valence-electron chi connectivity index (χ4n) is 2.00. The number of rotatable bonds is 2. The third-order valence-corrected chi connectivity index (χ3v) is 3.03. The number of hydroxylamine groups is 2. The molecule has 0 spiro atoms. The van der Waals surface area contributed by atoms with Crippen LogP contribution < -0.4 is 5.32 Å². The van der Waals surface area contributed by atoms with Crippen molar-refractivity contribution in [2.24, 2.45) is 4.99 Å². The molecule has 108 valence electrons. The zero-order valence-corrected chi connectivity index (χ0v) is 10.2. The average Bonchev–Trinajstić information content (AvgIpc) is 2.68. The Labute approximate surface area is 108 Å². The normalized spacial score (nSPS) is 35.6. The van der Waals surface area contributed by atoms with Gasteiger partial charge in [-0.15, -0.1) is 0 Å². The summed E-state index contributed by atoms with van der Waals surface area (Å²) in [6.45, 7) is -0.782. The van der Waals surface area contributed by atoms with Crippen molar-refractivity contribution in [1.82, 2.24) is 15.3 Å². The highest BCUT2D eigenvalue weighted by Gasteiger charge is 2.48. The van der Waals surface area contributed by atoms with Crippen molar-refractivity contribution in [1.29, 1.82) is 0 Å². The molecule has 2 heterocycles. The van der Waals surface area contributed by atoms with Gasteiger partial charge in [-0.05, 0) is 0 Å². The number of ether oxygens (including phenoxy) is 1. The minimum absolute atomic E-state index is 0.0343. The summed E-state index contributed by atoms with van der Waals surface area (Å²) in [6.07, 6.45) is -4.88. The molecule has 2 amide bonds. The topological polar surface area (TPSA) is 138 Å². The van der Waals surface area contributed by atoms with Crippen LogP contribution in [0, 0.1) is 0 Å². The molecule has 0 bridgehead atoms. The van der Waals surface area contributed by atoms with Gasteiger partial charge in [0.25, 0.3) is 0 Å². The van der Waals surface area contributed by atoms with E-state index in [2.05, 4.69) is 10.3 Å². The second-order valence-electron chi connectivity index (χ2n) is 4.21. The maximum absolute atomic E-state index is 11.8. The number of aliphatic hydroxyl groups is 3. The van der Waals surface area contributed by atoms with Gasteiger partial charge in [0.15, 0.2) is 6.23 Å². The number of aliphatic hydroxyl groups excluding tert-OH is 3. The average molecular weight is 276 g/mol. The van der Waals surface area contributed by atoms with E-state index >= 15 is 0 Å². The van der Waals surface area contributed by atoms with Gasteiger partial charge in [0, 0.05) is 7.05 Å². The van der Waals surface area contributed by atoms with Crippen LogP contribution in [0.25, 0.3) is 0 Å². The summed E-state index contributed by atoms with van der Waals surface area (Å²) in [7, 11) is 1.48. The summed E-state index contributed by atoms with van der Waals surface area (Å²) in [5.41, 5.74) is 0. The molecule has 2 rings (SSSR count). The molecule has 10 nitrogen and oxygen atoms in total. The lowest BCUT2D eigenvalue weighted by molar-refractivity contribution is -0.128. The summed E-state index contributed by atoms with van der Waals surface area (Å²) < 4.78 is 5.19. The van der Waals surface area contributed by atoms with Gasteiger partial charge < -0.3 is 25.4 Å². The molecule has 0 radical (unpaired) electrons. The van der Waals surface area contributed by atoms with Crippen molar-refractivity contribution in [3.8, 4) is 0 Å². The molecular formula is C9H16N4O6. The molecule has 0 aliphatic carbocycles. The predicted molar refractivity (Wildman–Crippen MR) is 60.0 cm³/mol. The molecule has 0 unspecified atom stereocenters. The molecule has 5 N–H and O–H groups in total. The quantitative estimate of drug-likeness (QED) is 0.362. The van der Waals surface area contributed by atoms with Crippen molar-refractivity contribution < 1.29 is 30.1 Å². The number of amides is 2. The number of hydrogen-bond donors (Lipinski definition) is 5. The molecule has 1 fully saturated rings. The van der Waals surface area contributed by atoms with E-state index < -0.39 is 37.2 Å². The number of urea groups is 1. The van der Waals surface area contributed by atoms with Gasteiger partial charge >= 0.3 is 6.03 Å². The van der Waals surface area contributed by atoms with Gasteiger partial charge in [0.1, 0.15) is 25.0 Å². The first-order chi connectivity index (χ1) is 8.99. The second-order valence-corrected chi connectivity index (χ2v) is 4.21. The Bertz CT molecular complexity index is 391. The molecule has 10 heteroatoms. The van der Waals surface area contributed by atoms with Crippen LogP contribution in [0.4, 0.5) is 4.79 Å². The highest BCUT2D eigenvalue weighted by molar-refractivity contribution is 5.93. The Morgan fingerprint density at radius 2 is 2.16 bits per heavy atom. The Kier molecular flexibility index (Phi) is 3.87. The largest absolute Gasteiger partial charge is 0.394 e. The molecule has 1 saturated heterocycles. The SMILES string of the molecule is CNC1=NC(=O)N([C@@H]2O[C@H](CO)[C@@H](O)[C@H]2O)CN1O. The minimum atomic E-state index is -1.39. The van der Waals surface area contributed by atoms with Crippen LogP contribution in [0.1, 0.15) is 0 Å². The van der Waals surface area contributed by atoms with Gasteiger partial charge in [0.2, 0.25) is 5.96 Å². The molecule has 2 aliphatic heterocycles. The summed E-state index contributed by atoms with van der Waals surface area (Å²) >= 11 is 0. The smallest absolute Gasteiger partial charge is 0.350 e. The maximum atomic E-state index is 11.8. The van der Waals surface area contributed by atoms with E-state index in [1.807, 2.05) is 0 Å². The van der Waals surface area contributed by atoms with Crippen LogP contribution in [-0.2, 0) is 4.74 Å². The first kappa shape index (κ1) is 14.0. The highest BCUT2D eigenvalue weighted by atomic mass is 16.6. The van der Waals surface area contributed by atoms with Crippen molar-refractivity contribution in [2.45, 2.75) is 24.5 Å². The van der Waals surface area contributed by atoms with Crippen molar-refractivity contribution in [3.05, 3.63) is 0 Å². The fourth-order valence-corrected chi connectivity index (χ4v) is 2.00. The lowest BCUT2D eigenvalue weighted by Gasteiger charge is -2.35.